The standard InChI is InChI=1S/C24H22N4OS/c1-18(30-24-27-25-17-28(24)21-15-9-4-10-16-21)23(29)26-22(19-11-5-2-6-12-19)20-13-7-3-8-14-20/h2-18,22H,1H3,(H,26,29)/t18-/m1/s1. The Bertz CT molecular complexity index is 1040. The third-order valence-corrected chi connectivity index (χ3v) is 5.81. The van der Waals surface area contributed by atoms with Crippen molar-refractivity contribution in [2.75, 3.05) is 0 Å². The Morgan fingerprint density at radius 1 is 0.867 bits per heavy atom. The average Bonchev–Trinajstić information content (AvgIpc) is 3.27. The van der Waals surface area contributed by atoms with Crippen LogP contribution in [-0.4, -0.2) is 25.9 Å². The van der Waals surface area contributed by atoms with Crippen molar-refractivity contribution in [3.8, 4) is 5.69 Å². The molecule has 4 aromatic rings. The van der Waals surface area contributed by atoms with Crippen molar-refractivity contribution in [2.45, 2.75) is 23.4 Å². The molecule has 30 heavy (non-hydrogen) atoms. The smallest absolute Gasteiger partial charge is 0.234 e. The number of hydrogen-bond acceptors (Lipinski definition) is 4. The summed E-state index contributed by atoms with van der Waals surface area (Å²) in [4.78, 5) is 13.1. The molecule has 0 unspecified atom stereocenters. The minimum absolute atomic E-state index is 0.0553. The second-order valence-electron chi connectivity index (χ2n) is 6.84. The van der Waals surface area contributed by atoms with Gasteiger partial charge in [-0.25, -0.2) is 0 Å². The fourth-order valence-electron chi connectivity index (χ4n) is 3.19. The van der Waals surface area contributed by atoms with Crippen LogP contribution in [0.2, 0.25) is 0 Å². The van der Waals surface area contributed by atoms with E-state index >= 15 is 0 Å². The van der Waals surface area contributed by atoms with E-state index in [1.54, 1.807) is 6.33 Å². The molecule has 6 heteroatoms. The summed E-state index contributed by atoms with van der Waals surface area (Å²) in [6.45, 7) is 1.89. The number of aromatic nitrogens is 3. The van der Waals surface area contributed by atoms with Crippen molar-refractivity contribution in [2.24, 2.45) is 0 Å². The summed E-state index contributed by atoms with van der Waals surface area (Å²) in [6, 6.07) is 29.6. The first-order valence-electron chi connectivity index (χ1n) is 9.75. The molecule has 3 aromatic carbocycles. The van der Waals surface area contributed by atoms with E-state index in [9.17, 15) is 4.79 Å². The quantitative estimate of drug-likeness (QED) is 0.447. The van der Waals surface area contributed by atoms with Gasteiger partial charge in [-0.15, -0.1) is 10.2 Å². The monoisotopic (exact) mass is 414 g/mol. The van der Waals surface area contributed by atoms with Gasteiger partial charge >= 0.3 is 0 Å². The minimum atomic E-state index is -0.341. The fraction of sp³-hybridized carbons (Fsp3) is 0.125. The second kappa shape index (κ2) is 9.41. The molecule has 0 saturated heterocycles. The van der Waals surface area contributed by atoms with Gasteiger partial charge in [-0.05, 0) is 30.2 Å². The van der Waals surface area contributed by atoms with Gasteiger partial charge in [-0.2, -0.15) is 0 Å². The molecule has 0 spiro atoms. The number of para-hydroxylation sites is 1. The summed E-state index contributed by atoms with van der Waals surface area (Å²) in [7, 11) is 0. The maximum absolute atomic E-state index is 13.1. The summed E-state index contributed by atoms with van der Waals surface area (Å²) in [6.07, 6.45) is 1.67. The normalized spacial score (nSPS) is 11.9. The lowest BCUT2D eigenvalue weighted by Gasteiger charge is -2.22. The average molecular weight is 415 g/mol. The molecule has 1 heterocycles. The molecule has 150 valence electrons. The number of rotatable bonds is 7. The molecule has 1 amide bonds. The zero-order valence-corrected chi connectivity index (χ0v) is 17.4. The molecule has 5 nitrogen and oxygen atoms in total. The van der Waals surface area contributed by atoms with E-state index in [2.05, 4.69) is 15.5 Å². The van der Waals surface area contributed by atoms with E-state index in [1.165, 1.54) is 11.8 Å². The van der Waals surface area contributed by atoms with E-state index in [4.69, 9.17) is 0 Å². The van der Waals surface area contributed by atoms with Gasteiger partial charge < -0.3 is 5.32 Å². The van der Waals surface area contributed by atoms with Crippen LogP contribution in [0.25, 0.3) is 5.69 Å². The highest BCUT2D eigenvalue weighted by atomic mass is 32.2. The highest BCUT2D eigenvalue weighted by Gasteiger charge is 2.23. The van der Waals surface area contributed by atoms with Crippen molar-refractivity contribution in [3.05, 3.63) is 108 Å². The Hall–Kier alpha value is -3.38. The Balaban J connectivity index is 1.52. The molecule has 1 aromatic heterocycles. The summed E-state index contributed by atoms with van der Waals surface area (Å²) < 4.78 is 1.89. The topological polar surface area (TPSA) is 59.8 Å². The lowest BCUT2D eigenvalue weighted by atomic mass is 9.98. The van der Waals surface area contributed by atoms with E-state index in [1.807, 2.05) is 102 Å². The molecular formula is C24H22N4OS. The van der Waals surface area contributed by atoms with Crippen molar-refractivity contribution in [1.29, 1.82) is 0 Å². The number of carbonyl (C=O) groups is 1. The largest absolute Gasteiger partial charge is 0.344 e. The molecule has 0 saturated carbocycles. The third-order valence-electron chi connectivity index (χ3n) is 4.75. The second-order valence-corrected chi connectivity index (χ2v) is 8.15. The predicted molar refractivity (Wildman–Crippen MR) is 120 cm³/mol. The third kappa shape index (κ3) is 4.60. The molecule has 1 N–H and O–H groups in total. The van der Waals surface area contributed by atoms with E-state index in [0.717, 1.165) is 16.8 Å². The van der Waals surface area contributed by atoms with Gasteiger partial charge in [0.1, 0.15) is 6.33 Å². The Labute approximate surface area is 180 Å². The molecular weight excluding hydrogens is 392 g/mol. The van der Waals surface area contributed by atoms with Crippen LogP contribution in [0.15, 0.2) is 102 Å². The van der Waals surface area contributed by atoms with Crippen molar-refractivity contribution in [1.82, 2.24) is 20.1 Å². The highest BCUT2D eigenvalue weighted by molar-refractivity contribution is 8.00. The molecule has 0 radical (unpaired) electrons. The summed E-state index contributed by atoms with van der Waals surface area (Å²) in [5.41, 5.74) is 3.05. The molecule has 1 atom stereocenters. The van der Waals surface area contributed by atoms with Crippen molar-refractivity contribution >= 4 is 17.7 Å². The van der Waals surface area contributed by atoms with Gasteiger partial charge in [-0.3, -0.25) is 9.36 Å². The van der Waals surface area contributed by atoms with E-state index < -0.39 is 0 Å². The van der Waals surface area contributed by atoms with Crippen LogP contribution in [0.1, 0.15) is 24.1 Å². The maximum Gasteiger partial charge on any atom is 0.234 e. The van der Waals surface area contributed by atoms with E-state index in [-0.39, 0.29) is 17.2 Å². The Kier molecular flexibility index (Phi) is 6.25. The first-order valence-corrected chi connectivity index (χ1v) is 10.6. The van der Waals surface area contributed by atoms with Crippen molar-refractivity contribution in [3.63, 3.8) is 0 Å². The maximum atomic E-state index is 13.1. The first kappa shape index (κ1) is 19.9. The van der Waals surface area contributed by atoms with Gasteiger partial charge in [0.05, 0.1) is 11.3 Å². The molecule has 0 aliphatic rings. The van der Waals surface area contributed by atoms with Crippen LogP contribution in [0.4, 0.5) is 0 Å². The van der Waals surface area contributed by atoms with Gasteiger partial charge in [0.15, 0.2) is 5.16 Å². The number of thioether (sulfide) groups is 1. The SMILES string of the molecule is C[C@@H](Sc1nncn1-c1ccccc1)C(=O)NC(c1ccccc1)c1ccccc1. The van der Waals surface area contributed by atoms with Crippen LogP contribution < -0.4 is 5.32 Å². The zero-order chi connectivity index (χ0) is 20.8. The molecule has 0 bridgehead atoms. The summed E-state index contributed by atoms with van der Waals surface area (Å²) in [5, 5.41) is 11.8. The summed E-state index contributed by atoms with van der Waals surface area (Å²) in [5.74, 6) is -0.0553. The number of amides is 1. The molecule has 0 aliphatic heterocycles. The van der Waals surface area contributed by atoms with Crippen LogP contribution >= 0.6 is 11.8 Å². The Morgan fingerprint density at radius 2 is 1.40 bits per heavy atom. The molecule has 0 fully saturated rings. The van der Waals surface area contributed by atoms with Crippen molar-refractivity contribution < 1.29 is 4.79 Å². The number of nitrogens with zero attached hydrogens (tertiary/aromatic N) is 3. The number of nitrogens with one attached hydrogen (secondary N) is 1. The zero-order valence-electron chi connectivity index (χ0n) is 16.6. The lowest BCUT2D eigenvalue weighted by Crippen LogP contribution is -2.35. The van der Waals surface area contributed by atoms with Gasteiger partial charge in [0, 0.05) is 5.69 Å². The minimum Gasteiger partial charge on any atom is -0.344 e. The number of carbonyl (C=O) groups excluding carboxylic acids is 1. The van der Waals surface area contributed by atoms with Crippen LogP contribution in [0.5, 0.6) is 0 Å². The highest BCUT2D eigenvalue weighted by Crippen LogP contribution is 2.26. The molecule has 0 aliphatic carbocycles. The van der Waals surface area contributed by atoms with Gasteiger partial charge in [0.2, 0.25) is 5.91 Å². The summed E-state index contributed by atoms with van der Waals surface area (Å²) >= 11 is 1.39. The van der Waals surface area contributed by atoms with Gasteiger partial charge in [0.25, 0.3) is 0 Å². The lowest BCUT2D eigenvalue weighted by molar-refractivity contribution is -0.120. The van der Waals surface area contributed by atoms with Gasteiger partial charge in [-0.1, -0.05) is 90.6 Å². The van der Waals surface area contributed by atoms with E-state index in [0.29, 0.717) is 5.16 Å². The fourth-order valence-corrected chi connectivity index (χ4v) is 4.04. The Morgan fingerprint density at radius 3 is 1.97 bits per heavy atom. The van der Waals surface area contributed by atoms with Crippen LogP contribution in [0.3, 0.4) is 0 Å². The number of benzene rings is 3. The van der Waals surface area contributed by atoms with Crippen LogP contribution in [-0.2, 0) is 4.79 Å². The predicted octanol–water partition coefficient (Wildman–Crippen LogP) is 4.65. The first-order chi connectivity index (χ1) is 14.7. The number of hydrogen-bond donors (Lipinski definition) is 1. The molecule has 4 rings (SSSR count). The van der Waals surface area contributed by atoms with Crippen LogP contribution in [0, 0.1) is 0 Å².